The second kappa shape index (κ2) is 9.17. The molecule has 154 valence electrons. The molecule has 3 amide bonds. The van der Waals surface area contributed by atoms with Crippen LogP contribution in [0.4, 0.5) is 10.1 Å². The molecule has 3 rings (SSSR count). The van der Waals surface area contributed by atoms with Crippen LogP contribution in [-0.2, 0) is 4.79 Å². The monoisotopic (exact) mass is 465 g/mol. The number of aromatic nitrogens is 2. The van der Waals surface area contributed by atoms with E-state index in [-0.39, 0.29) is 35.1 Å². The Morgan fingerprint density at radius 3 is 2.55 bits per heavy atom. The summed E-state index contributed by atoms with van der Waals surface area (Å²) in [6.07, 6.45) is 3.80. The molecule has 1 aromatic heterocycles. The van der Waals surface area contributed by atoms with Crippen LogP contribution in [0.25, 0.3) is 0 Å². The highest BCUT2D eigenvalue weighted by atomic mass is 79.9. The maximum Gasteiger partial charge on any atom is 0.272 e. The molecule has 1 aliphatic rings. The molecule has 0 atom stereocenters. The van der Waals surface area contributed by atoms with Gasteiger partial charge in [-0.25, -0.2) is 9.37 Å². The van der Waals surface area contributed by atoms with Crippen molar-refractivity contribution in [2.24, 2.45) is 5.92 Å². The number of nitrogens with one attached hydrogen (secondary N) is 4. The highest BCUT2D eigenvalue weighted by Crippen LogP contribution is 2.28. The van der Waals surface area contributed by atoms with Crippen molar-refractivity contribution in [3.63, 3.8) is 0 Å². The number of imidazole rings is 1. The summed E-state index contributed by atoms with van der Waals surface area (Å²) in [4.78, 5) is 43.3. The standard InChI is InChI=1S/C19H21BrFN5O3/c1-22-18(28)15-16(24-9-23-15)19(29)25-12-5-2-10(3-6-12)17(27)26-14-7-4-11(21)8-13(14)20/h4,7-10,12H,2-3,5-6H2,1H3,(H,22,28)(H,23,24)(H,25,29)(H,26,27)/t10-,12-. The topological polar surface area (TPSA) is 116 Å². The lowest BCUT2D eigenvalue weighted by Gasteiger charge is -2.28. The minimum atomic E-state index is -0.441. The number of rotatable bonds is 5. The van der Waals surface area contributed by atoms with Crippen molar-refractivity contribution in [2.45, 2.75) is 31.7 Å². The average Bonchev–Trinajstić information content (AvgIpc) is 3.20. The van der Waals surface area contributed by atoms with E-state index in [4.69, 9.17) is 0 Å². The molecule has 1 fully saturated rings. The van der Waals surface area contributed by atoms with E-state index in [1.807, 2.05) is 0 Å². The summed E-state index contributed by atoms with van der Waals surface area (Å²) in [5.74, 6) is -1.54. The number of benzene rings is 1. The summed E-state index contributed by atoms with van der Waals surface area (Å²) in [5, 5.41) is 8.15. The van der Waals surface area contributed by atoms with Gasteiger partial charge >= 0.3 is 0 Å². The first-order valence-electron chi connectivity index (χ1n) is 9.21. The molecule has 2 aromatic rings. The van der Waals surface area contributed by atoms with E-state index in [2.05, 4.69) is 41.8 Å². The van der Waals surface area contributed by atoms with Crippen LogP contribution in [0.15, 0.2) is 29.0 Å². The second-order valence-electron chi connectivity index (χ2n) is 6.84. The molecule has 1 heterocycles. The second-order valence-corrected chi connectivity index (χ2v) is 7.70. The summed E-state index contributed by atoms with van der Waals surface area (Å²) in [6, 6.07) is 4.00. The summed E-state index contributed by atoms with van der Waals surface area (Å²) >= 11 is 3.24. The molecule has 8 nitrogen and oxygen atoms in total. The molecule has 0 bridgehead atoms. The van der Waals surface area contributed by atoms with Gasteiger partial charge in [0.2, 0.25) is 5.91 Å². The Balaban J connectivity index is 1.52. The molecule has 29 heavy (non-hydrogen) atoms. The van der Waals surface area contributed by atoms with Gasteiger partial charge in [-0.05, 0) is 59.8 Å². The van der Waals surface area contributed by atoms with Crippen LogP contribution in [0.2, 0.25) is 0 Å². The van der Waals surface area contributed by atoms with E-state index < -0.39 is 11.8 Å². The van der Waals surface area contributed by atoms with Crippen LogP contribution in [0.3, 0.4) is 0 Å². The van der Waals surface area contributed by atoms with Gasteiger partial charge in [0.25, 0.3) is 11.8 Å². The average molecular weight is 466 g/mol. The Hall–Kier alpha value is -2.75. The number of hydrogen-bond donors (Lipinski definition) is 4. The zero-order valence-electron chi connectivity index (χ0n) is 15.7. The maximum absolute atomic E-state index is 13.2. The summed E-state index contributed by atoms with van der Waals surface area (Å²) < 4.78 is 13.7. The van der Waals surface area contributed by atoms with Gasteiger partial charge in [-0.3, -0.25) is 14.4 Å². The zero-order chi connectivity index (χ0) is 21.0. The third kappa shape index (κ3) is 5.00. The number of carbonyl (C=O) groups is 3. The van der Waals surface area contributed by atoms with Crippen LogP contribution in [0, 0.1) is 11.7 Å². The van der Waals surface area contributed by atoms with Gasteiger partial charge in [0, 0.05) is 23.5 Å². The first-order chi connectivity index (χ1) is 13.9. The molecule has 1 saturated carbocycles. The van der Waals surface area contributed by atoms with Gasteiger partial charge in [0.1, 0.15) is 11.5 Å². The maximum atomic E-state index is 13.2. The molecule has 0 spiro atoms. The van der Waals surface area contributed by atoms with Crippen LogP contribution < -0.4 is 16.0 Å². The van der Waals surface area contributed by atoms with Gasteiger partial charge in [0.05, 0.1) is 12.0 Å². The van der Waals surface area contributed by atoms with Crippen molar-refractivity contribution in [1.82, 2.24) is 20.6 Å². The third-order valence-electron chi connectivity index (χ3n) is 4.93. The molecule has 1 aliphatic carbocycles. The van der Waals surface area contributed by atoms with E-state index in [0.717, 1.165) is 0 Å². The van der Waals surface area contributed by atoms with Crippen LogP contribution >= 0.6 is 15.9 Å². The van der Waals surface area contributed by atoms with Crippen molar-refractivity contribution in [1.29, 1.82) is 0 Å². The summed E-state index contributed by atoms with van der Waals surface area (Å²) in [7, 11) is 1.47. The number of halogens is 2. The normalized spacial score (nSPS) is 18.7. The third-order valence-corrected chi connectivity index (χ3v) is 5.59. The largest absolute Gasteiger partial charge is 0.354 e. The quantitative estimate of drug-likeness (QED) is 0.542. The SMILES string of the molecule is CNC(=O)c1nc[nH]c1C(=O)N[C@H]1CC[C@H](C(=O)Nc2ccc(F)cc2Br)CC1. The summed E-state index contributed by atoms with van der Waals surface area (Å²) in [5.41, 5.74) is 0.682. The number of nitrogens with zero attached hydrogens (tertiary/aromatic N) is 1. The number of carbonyl (C=O) groups excluding carboxylic acids is 3. The number of amides is 3. The molecular formula is C19H21BrFN5O3. The number of anilines is 1. The molecule has 0 aliphatic heterocycles. The fraction of sp³-hybridized carbons (Fsp3) is 0.368. The Morgan fingerprint density at radius 1 is 1.17 bits per heavy atom. The van der Waals surface area contributed by atoms with Gasteiger partial charge < -0.3 is 20.9 Å². The van der Waals surface area contributed by atoms with Crippen molar-refractivity contribution in [3.8, 4) is 0 Å². The van der Waals surface area contributed by atoms with E-state index in [9.17, 15) is 18.8 Å². The highest BCUT2D eigenvalue weighted by Gasteiger charge is 2.29. The Labute approximate surface area is 175 Å². The predicted octanol–water partition coefficient (Wildman–Crippen LogP) is 2.60. The van der Waals surface area contributed by atoms with Crippen molar-refractivity contribution in [2.75, 3.05) is 12.4 Å². The molecule has 1 aromatic carbocycles. The van der Waals surface area contributed by atoms with Gasteiger partial charge in [-0.1, -0.05) is 0 Å². The van der Waals surface area contributed by atoms with E-state index in [1.54, 1.807) is 0 Å². The molecule has 0 radical (unpaired) electrons. The molecule has 0 unspecified atom stereocenters. The number of hydrogen-bond acceptors (Lipinski definition) is 4. The molecule has 10 heteroatoms. The number of aromatic amines is 1. The van der Waals surface area contributed by atoms with Crippen LogP contribution in [0.5, 0.6) is 0 Å². The Kier molecular flexibility index (Phi) is 6.63. The number of H-pyrrole nitrogens is 1. The smallest absolute Gasteiger partial charge is 0.272 e. The summed E-state index contributed by atoms with van der Waals surface area (Å²) in [6.45, 7) is 0. The minimum Gasteiger partial charge on any atom is -0.354 e. The van der Waals surface area contributed by atoms with Crippen molar-refractivity contribution < 1.29 is 18.8 Å². The lowest BCUT2D eigenvalue weighted by molar-refractivity contribution is -0.120. The van der Waals surface area contributed by atoms with Gasteiger partial charge in [-0.2, -0.15) is 0 Å². The fourth-order valence-corrected chi connectivity index (χ4v) is 3.79. The lowest BCUT2D eigenvalue weighted by atomic mass is 9.85. The molecular weight excluding hydrogens is 445 g/mol. The van der Waals surface area contributed by atoms with E-state index in [0.29, 0.717) is 35.8 Å². The Morgan fingerprint density at radius 2 is 1.90 bits per heavy atom. The van der Waals surface area contributed by atoms with Crippen molar-refractivity contribution >= 4 is 39.3 Å². The molecule has 4 N–H and O–H groups in total. The predicted molar refractivity (Wildman–Crippen MR) is 108 cm³/mol. The van der Waals surface area contributed by atoms with E-state index in [1.165, 1.54) is 31.6 Å². The lowest BCUT2D eigenvalue weighted by Crippen LogP contribution is -2.40. The highest BCUT2D eigenvalue weighted by molar-refractivity contribution is 9.10. The van der Waals surface area contributed by atoms with E-state index >= 15 is 0 Å². The van der Waals surface area contributed by atoms with Crippen LogP contribution in [0.1, 0.15) is 46.7 Å². The van der Waals surface area contributed by atoms with Gasteiger partial charge in [-0.15, -0.1) is 0 Å². The first-order valence-corrected chi connectivity index (χ1v) is 10.0. The van der Waals surface area contributed by atoms with Crippen molar-refractivity contribution in [3.05, 3.63) is 46.2 Å². The zero-order valence-corrected chi connectivity index (χ0v) is 17.3. The Bertz CT molecular complexity index is 924. The fourth-order valence-electron chi connectivity index (χ4n) is 3.34. The van der Waals surface area contributed by atoms with Gasteiger partial charge in [0.15, 0.2) is 5.69 Å². The minimum absolute atomic E-state index is 0.0444. The first kappa shape index (κ1) is 21.0. The van der Waals surface area contributed by atoms with Crippen LogP contribution in [-0.4, -0.2) is 40.8 Å². The molecule has 0 saturated heterocycles.